The van der Waals surface area contributed by atoms with Crippen molar-refractivity contribution in [3.8, 4) is 11.1 Å². The van der Waals surface area contributed by atoms with E-state index < -0.39 is 0 Å². The summed E-state index contributed by atoms with van der Waals surface area (Å²) in [6, 6.07) is 24.0. The van der Waals surface area contributed by atoms with Crippen LogP contribution in [0.15, 0.2) is 71.2 Å². The summed E-state index contributed by atoms with van der Waals surface area (Å²) < 4.78 is 1.30. The number of halogens is 1. The monoisotopic (exact) mass is 418 g/mol. The van der Waals surface area contributed by atoms with Gasteiger partial charge in [0.05, 0.1) is 0 Å². The summed E-state index contributed by atoms with van der Waals surface area (Å²) in [5.74, 6) is 0. The predicted octanol–water partition coefficient (Wildman–Crippen LogP) is 7.56. The van der Waals surface area contributed by atoms with Gasteiger partial charge >= 0.3 is 0 Å². The molecule has 27 heavy (non-hydrogen) atoms. The Kier molecular flexibility index (Phi) is 6.09. The average Bonchev–Trinajstić information content (AvgIpc) is 2.75. The van der Waals surface area contributed by atoms with E-state index in [2.05, 4.69) is 82.7 Å². The van der Waals surface area contributed by atoms with Crippen molar-refractivity contribution in [3.63, 3.8) is 0 Å². The van der Waals surface area contributed by atoms with Gasteiger partial charge in [-0.05, 0) is 90.8 Å². The topological polar surface area (TPSA) is 0 Å². The molecular weight excluding hydrogens is 392 g/mol. The molecule has 0 saturated carbocycles. The highest BCUT2D eigenvalue weighted by molar-refractivity contribution is 9.10. The molecule has 1 heteroatoms. The summed E-state index contributed by atoms with van der Waals surface area (Å²) in [4.78, 5) is 0. The minimum Gasteiger partial charge on any atom is -0.0622 e. The van der Waals surface area contributed by atoms with E-state index >= 15 is 0 Å². The standard InChI is InChI=1S/C16H16.C10H11Br/c1-2-7-13(8-3-1)16-12-6-10-14-9-4-5-11-15(14)16;11-10-7-3-5-8-4-1-2-6-9(8)10/h1-3,6-8,10,12H,4-5,9,11H2;3,5,7H,1-2,4,6H2. The molecular formula is C26H27Br. The van der Waals surface area contributed by atoms with E-state index in [1.807, 2.05) is 0 Å². The van der Waals surface area contributed by atoms with E-state index in [0.717, 1.165) is 0 Å². The highest BCUT2D eigenvalue weighted by Gasteiger charge is 2.13. The Morgan fingerprint density at radius 1 is 0.519 bits per heavy atom. The van der Waals surface area contributed by atoms with Crippen LogP contribution in [0.3, 0.4) is 0 Å². The molecule has 0 atom stereocenters. The molecule has 0 aromatic heterocycles. The van der Waals surface area contributed by atoms with Crippen LogP contribution in [0.25, 0.3) is 11.1 Å². The van der Waals surface area contributed by atoms with Gasteiger partial charge in [-0.15, -0.1) is 0 Å². The van der Waals surface area contributed by atoms with Crippen LogP contribution >= 0.6 is 15.9 Å². The highest BCUT2D eigenvalue weighted by atomic mass is 79.9. The molecule has 0 nitrogen and oxygen atoms in total. The Labute approximate surface area is 171 Å². The minimum absolute atomic E-state index is 1.25. The molecule has 0 spiro atoms. The van der Waals surface area contributed by atoms with Gasteiger partial charge in [0.1, 0.15) is 0 Å². The van der Waals surface area contributed by atoms with Gasteiger partial charge in [-0.2, -0.15) is 0 Å². The molecule has 0 fully saturated rings. The maximum Gasteiger partial charge on any atom is 0.0210 e. The summed E-state index contributed by atoms with van der Waals surface area (Å²) >= 11 is 3.58. The third-order valence-electron chi connectivity index (χ3n) is 5.82. The predicted molar refractivity (Wildman–Crippen MR) is 119 cm³/mol. The molecule has 5 rings (SSSR count). The number of benzene rings is 3. The molecule has 0 radical (unpaired) electrons. The van der Waals surface area contributed by atoms with Crippen LogP contribution < -0.4 is 0 Å². The number of hydrogen-bond donors (Lipinski definition) is 0. The van der Waals surface area contributed by atoms with E-state index in [1.54, 1.807) is 22.3 Å². The van der Waals surface area contributed by atoms with Gasteiger partial charge < -0.3 is 0 Å². The van der Waals surface area contributed by atoms with E-state index in [4.69, 9.17) is 0 Å². The Bertz CT molecular complexity index is 895. The lowest BCUT2D eigenvalue weighted by Gasteiger charge is -2.19. The lowest BCUT2D eigenvalue weighted by molar-refractivity contribution is 0.683. The first-order valence-electron chi connectivity index (χ1n) is 10.3. The molecule has 0 unspecified atom stereocenters. The third-order valence-corrected chi connectivity index (χ3v) is 6.56. The lowest BCUT2D eigenvalue weighted by atomic mass is 9.86. The normalized spacial score (nSPS) is 15.1. The van der Waals surface area contributed by atoms with Crippen LogP contribution in [0.2, 0.25) is 0 Å². The summed E-state index contributed by atoms with van der Waals surface area (Å²) in [6.45, 7) is 0. The van der Waals surface area contributed by atoms with E-state index in [1.165, 1.54) is 67.0 Å². The van der Waals surface area contributed by atoms with Crippen molar-refractivity contribution in [1.29, 1.82) is 0 Å². The molecule has 0 saturated heterocycles. The first-order valence-corrected chi connectivity index (χ1v) is 11.0. The molecule has 0 amide bonds. The van der Waals surface area contributed by atoms with Crippen LogP contribution in [-0.4, -0.2) is 0 Å². The fourth-order valence-electron chi connectivity index (χ4n) is 4.40. The zero-order valence-corrected chi connectivity index (χ0v) is 17.5. The molecule has 0 bridgehead atoms. The molecule has 3 aromatic rings. The zero-order valence-electron chi connectivity index (χ0n) is 15.9. The molecule has 0 N–H and O–H groups in total. The van der Waals surface area contributed by atoms with E-state index in [0.29, 0.717) is 0 Å². The van der Waals surface area contributed by atoms with Crippen LogP contribution in [-0.2, 0) is 25.7 Å². The molecule has 0 heterocycles. The van der Waals surface area contributed by atoms with Gasteiger partial charge in [-0.1, -0.05) is 76.6 Å². The maximum absolute atomic E-state index is 3.58. The fourth-order valence-corrected chi connectivity index (χ4v) is 5.01. The molecule has 2 aliphatic carbocycles. The van der Waals surface area contributed by atoms with Crippen LogP contribution in [0.1, 0.15) is 47.9 Å². The van der Waals surface area contributed by atoms with Crippen molar-refractivity contribution in [3.05, 3.63) is 93.5 Å². The second-order valence-electron chi connectivity index (χ2n) is 7.60. The van der Waals surface area contributed by atoms with Crippen molar-refractivity contribution in [1.82, 2.24) is 0 Å². The molecule has 3 aromatic carbocycles. The van der Waals surface area contributed by atoms with Crippen molar-refractivity contribution < 1.29 is 0 Å². The SMILES string of the molecule is Brc1cccc2c1CCCC2.c1ccc(-c2cccc3c2CCCC3)cc1. The van der Waals surface area contributed by atoms with Gasteiger partial charge in [0.25, 0.3) is 0 Å². The van der Waals surface area contributed by atoms with Crippen molar-refractivity contribution in [2.45, 2.75) is 51.4 Å². The number of hydrogen-bond acceptors (Lipinski definition) is 0. The second-order valence-corrected chi connectivity index (χ2v) is 8.46. The number of rotatable bonds is 1. The lowest BCUT2D eigenvalue weighted by Crippen LogP contribution is -2.04. The average molecular weight is 419 g/mol. The Hall–Kier alpha value is -1.86. The summed E-state index contributed by atoms with van der Waals surface area (Å²) in [5.41, 5.74) is 9.04. The first kappa shape index (κ1) is 18.5. The smallest absolute Gasteiger partial charge is 0.0210 e. The van der Waals surface area contributed by atoms with E-state index in [9.17, 15) is 0 Å². The van der Waals surface area contributed by atoms with Gasteiger partial charge in [0.2, 0.25) is 0 Å². The van der Waals surface area contributed by atoms with E-state index in [-0.39, 0.29) is 0 Å². The third kappa shape index (κ3) is 4.35. The van der Waals surface area contributed by atoms with Crippen LogP contribution in [0.4, 0.5) is 0 Å². The summed E-state index contributed by atoms with van der Waals surface area (Å²) in [5, 5.41) is 0. The Morgan fingerprint density at radius 2 is 1.11 bits per heavy atom. The largest absolute Gasteiger partial charge is 0.0622 e. The summed E-state index contributed by atoms with van der Waals surface area (Å²) in [7, 11) is 0. The van der Waals surface area contributed by atoms with Crippen LogP contribution in [0.5, 0.6) is 0 Å². The van der Waals surface area contributed by atoms with Crippen molar-refractivity contribution in [2.75, 3.05) is 0 Å². The summed E-state index contributed by atoms with van der Waals surface area (Å²) in [6.07, 6.45) is 10.5. The van der Waals surface area contributed by atoms with Gasteiger partial charge in [-0.3, -0.25) is 0 Å². The molecule has 138 valence electrons. The zero-order chi connectivity index (χ0) is 18.5. The Balaban J connectivity index is 0.000000143. The van der Waals surface area contributed by atoms with Crippen LogP contribution in [0, 0.1) is 0 Å². The number of fused-ring (bicyclic) bond motifs is 2. The Morgan fingerprint density at radius 3 is 1.81 bits per heavy atom. The molecule has 2 aliphatic rings. The maximum atomic E-state index is 3.58. The highest BCUT2D eigenvalue weighted by Crippen LogP contribution is 2.31. The second kappa shape index (κ2) is 8.89. The minimum atomic E-state index is 1.25. The quantitative estimate of drug-likeness (QED) is 0.382. The van der Waals surface area contributed by atoms with Gasteiger partial charge in [-0.25, -0.2) is 0 Å². The van der Waals surface area contributed by atoms with Gasteiger partial charge in [0, 0.05) is 4.47 Å². The molecule has 0 aliphatic heterocycles. The van der Waals surface area contributed by atoms with Crippen molar-refractivity contribution >= 4 is 15.9 Å². The first-order chi connectivity index (χ1) is 13.3. The number of aryl methyl sites for hydroxylation is 2. The van der Waals surface area contributed by atoms with Gasteiger partial charge in [0.15, 0.2) is 0 Å². The van der Waals surface area contributed by atoms with Crippen molar-refractivity contribution in [2.24, 2.45) is 0 Å². The fraction of sp³-hybridized carbons (Fsp3) is 0.308.